The summed E-state index contributed by atoms with van der Waals surface area (Å²) < 4.78 is 11.9. The molecule has 0 saturated carbocycles. The van der Waals surface area contributed by atoms with E-state index in [9.17, 15) is 9.59 Å². The molecule has 33 heavy (non-hydrogen) atoms. The lowest BCUT2D eigenvalue weighted by Crippen LogP contribution is -2.22. The molecule has 0 bridgehead atoms. The highest BCUT2D eigenvalue weighted by Crippen LogP contribution is 2.31. The zero-order valence-electron chi connectivity index (χ0n) is 18.0. The second-order valence-electron chi connectivity index (χ2n) is 7.82. The fourth-order valence-corrected chi connectivity index (χ4v) is 3.86. The standard InChI is InChI=1S/C28H21NO4/c1-18-14-15-24-22(16-18)26(31)28(27(33-24)20-9-3-2-4-10-20)32-17-25(30)29-23-13-7-11-19-8-5-6-12-21(19)23/h2-16H,17H2,1H3,(H,29,30). The fraction of sp³-hybridized carbons (Fsp3) is 0.0714. The molecule has 0 aliphatic rings. The van der Waals surface area contributed by atoms with E-state index in [2.05, 4.69) is 5.32 Å². The van der Waals surface area contributed by atoms with E-state index in [-0.39, 0.29) is 23.7 Å². The molecule has 0 radical (unpaired) electrons. The van der Waals surface area contributed by atoms with Gasteiger partial charge in [0.05, 0.1) is 5.39 Å². The van der Waals surface area contributed by atoms with Crippen LogP contribution in [0.15, 0.2) is 100 Å². The summed E-state index contributed by atoms with van der Waals surface area (Å²) in [6.07, 6.45) is 0. The summed E-state index contributed by atoms with van der Waals surface area (Å²) in [6.45, 7) is 1.58. The van der Waals surface area contributed by atoms with Gasteiger partial charge in [-0.25, -0.2) is 0 Å². The van der Waals surface area contributed by atoms with Crippen molar-refractivity contribution in [1.29, 1.82) is 0 Å². The predicted octanol–water partition coefficient (Wildman–Crippen LogP) is 5.94. The predicted molar refractivity (Wildman–Crippen MR) is 131 cm³/mol. The Labute approximate surface area is 190 Å². The first-order chi connectivity index (χ1) is 16.1. The minimum Gasteiger partial charge on any atom is -0.476 e. The van der Waals surface area contributed by atoms with Crippen LogP contribution in [-0.4, -0.2) is 12.5 Å². The van der Waals surface area contributed by atoms with Gasteiger partial charge in [0.2, 0.25) is 11.2 Å². The second kappa shape index (κ2) is 8.63. The third kappa shape index (κ3) is 4.08. The van der Waals surface area contributed by atoms with Crippen LogP contribution in [-0.2, 0) is 4.79 Å². The van der Waals surface area contributed by atoms with Gasteiger partial charge in [0.25, 0.3) is 5.91 Å². The Hall–Kier alpha value is -4.38. The second-order valence-corrected chi connectivity index (χ2v) is 7.82. The van der Waals surface area contributed by atoms with Gasteiger partial charge in [-0.2, -0.15) is 0 Å². The minimum absolute atomic E-state index is 0.0207. The fourth-order valence-electron chi connectivity index (χ4n) is 3.86. The molecule has 5 rings (SSSR count). The molecule has 1 N–H and O–H groups in total. The van der Waals surface area contributed by atoms with Crippen molar-refractivity contribution in [2.75, 3.05) is 11.9 Å². The highest BCUT2D eigenvalue weighted by molar-refractivity contribution is 6.02. The van der Waals surface area contributed by atoms with Crippen molar-refractivity contribution >= 4 is 33.3 Å². The minimum atomic E-state index is -0.367. The smallest absolute Gasteiger partial charge is 0.262 e. The van der Waals surface area contributed by atoms with Crippen LogP contribution < -0.4 is 15.5 Å². The number of nitrogens with one attached hydrogen (secondary N) is 1. The molecule has 5 aromatic rings. The van der Waals surface area contributed by atoms with E-state index >= 15 is 0 Å². The van der Waals surface area contributed by atoms with Crippen LogP contribution in [0.1, 0.15) is 5.56 Å². The molecule has 5 heteroatoms. The van der Waals surface area contributed by atoms with Gasteiger partial charge in [0.15, 0.2) is 12.4 Å². The van der Waals surface area contributed by atoms with E-state index < -0.39 is 0 Å². The summed E-state index contributed by atoms with van der Waals surface area (Å²) in [5.74, 6) is -0.0450. The molecule has 162 valence electrons. The van der Waals surface area contributed by atoms with Crippen molar-refractivity contribution in [1.82, 2.24) is 0 Å². The average Bonchev–Trinajstić information content (AvgIpc) is 2.84. The number of amides is 1. The third-order valence-corrected chi connectivity index (χ3v) is 5.45. The first-order valence-corrected chi connectivity index (χ1v) is 10.6. The molecule has 1 aromatic heterocycles. The summed E-state index contributed by atoms with van der Waals surface area (Å²) in [5, 5.41) is 5.25. The van der Waals surface area contributed by atoms with Gasteiger partial charge in [-0.3, -0.25) is 9.59 Å². The normalized spacial score (nSPS) is 10.9. The lowest BCUT2D eigenvalue weighted by Gasteiger charge is -2.13. The van der Waals surface area contributed by atoms with E-state index in [1.54, 1.807) is 12.1 Å². The van der Waals surface area contributed by atoms with E-state index in [0.29, 0.717) is 28.0 Å². The summed E-state index contributed by atoms with van der Waals surface area (Å²) in [4.78, 5) is 26.0. The van der Waals surface area contributed by atoms with Crippen LogP contribution in [0.25, 0.3) is 33.1 Å². The van der Waals surface area contributed by atoms with Crippen LogP contribution in [0, 0.1) is 6.92 Å². The zero-order valence-corrected chi connectivity index (χ0v) is 18.0. The SMILES string of the molecule is Cc1ccc2oc(-c3ccccc3)c(OCC(=O)Nc3cccc4ccccc34)c(=O)c2c1. The van der Waals surface area contributed by atoms with Crippen molar-refractivity contribution < 1.29 is 13.9 Å². The molecular weight excluding hydrogens is 414 g/mol. The molecule has 0 fully saturated rings. The molecule has 1 amide bonds. The lowest BCUT2D eigenvalue weighted by atomic mass is 10.1. The maximum atomic E-state index is 13.3. The summed E-state index contributed by atoms with van der Waals surface area (Å²) in [6, 6.07) is 28.2. The molecule has 0 unspecified atom stereocenters. The Morgan fingerprint density at radius 2 is 1.64 bits per heavy atom. The number of anilines is 1. The van der Waals surface area contributed by atoms with Crippen molar-refractivity contribution in [3.8, 4) is 17.1 Å². The quantitative estimate of drug-likeness (QED) is 0.371. The van der Waals surface area contributed by atoms with Gasteiger partial charge in [-0.1, -0.05) is 78.4 Å². The zero-order chi connectivity index (χ0) is 22.8. The van der Waals surface area contributed by atoms with Gasteiger partial charge in [-0.15, -0.1) is 0 Å². The van der Waals surface area contributed by atoms with Crippen molar-refractivity contribution in [3.63, 3.8) is 0 Å². The van der Waals surface area contributed by atoms with Crippen LogP contribution in [0.4, 0.5) is 5.69 Å². The molecule has 0 spiro atoms. The van der Waals surface area contributed by atoms with Gasteiger partial charge in [0.1, 0.15) is 5.58 Å². The van der Waals surface area contributed by atoms with Crippen LogP contribution >= 0.6 is 0 Å². The molecule has 5 nitrogen and oxygen atoms in total. The first-order valence-electron chi connectivity index (χ1n) is 10.6. The van der Waals surface area contributed by atoms with E-state index in [0.717, 1.165) is 16.3 Å². The number of benzene rings is 4. The highest BCUT2D eigenvalue weighted by Gasteiger charge is 2.19. The molecule has 1 heterocycles. The van der Waals surface area contributed by atoms with Crippen molar-refractivity contribution in [3.05, 3.63) is 107 Å². The Kier molecular flexibility index (Phi) is 5.37. The van der Waals surface area contributed by atoms with Gasteiger partial charge < -0.3 is 14.5 Å². The number of hydrogen-bond acceptors (Lipinski definition) is 4. The number of carbonyl (C=O) groups is 1. The Morgan fingerprint density at radius 1 is 0.879 bits per heavy atom. The lowest BCUT2D eigenvalue weighted by molar-refractivity contribution is -0.118. The average molecular weight is 435 g/mol. The van der Waals surface area contributed by atoms with Crippen LogP contribution in [0.3, 0.4) is 0 Å². The number of fused-ring (bicyclic) bond motifs is 2. The molecule has 0 aliphatic carbocycles. The molecular formula is C28H21NO4. The highest BCUT2D eigenvalue weighted by atomic mass is 16.5. The number of aryl methyl sites for hydroxylation is 1. The van der Waals surface area contributed by atoms with E-state index in [4.69, 9.17) is 9.15 Å². The van der Waals surface area contributed by atoms with Crippen molar-refractivity contribution in [2.45, 2.75) is 6.92 Å². The number of carbonyl (C=O) groups excluding carboxylic acids is 1. The Balaban J connectivity index is 1.48. The van der Waals surface area contributed by atoms with Crippen molar-refractivity contribution in [2.24, 2.45) is 0 Å². The Morgan fingerprint density at radius 3 is 2.48 bits per heavy atom. The maximum absolute atomic E-state index is 13.3. The molecule has 0 saturated heterocycles. The van der Waals surface area contributed by atoms with E-state index in [1.807, 2.05) is 85.8 Å². The first kappa shape index (κ1) is 20.5. The number of hydrogen-bond donors (Lipinski definition) is 1. The van der Waals surface area contributed by atoms with E-state index in [1.165, 1.54) is 0 Å². The summed E-state index contributed by atoms with van der Waals surface area (Å²) in [5.41, 5.74) is 2.48. The molecule has 0 aliphatic heterocycles. The Bertz CT molecular complexity index is 1530. The summed E-state index contributed by atoms with van der Waals surface area (Å²) in [7, 11) is 0. The summed E-state index contributed by atoms with van der Waals surface area (Å²) >= 11 is 0. The third-order valence-electron chi connectivity index (χ3n) is 5.45. The topological polar surface area (TPSA) is 68.5 Å². The van der Waals surface area contributed by atoms with Crippen LogP contribution in [0.5, 0.6) is 5.75 Å². The van der Waals surface area contributed by atoms with Crippen LogP contribution in [0.2, 0.25) is 0 Å². The maximum Gasteiger partial charge on any atom is 0.262 e. The number of rotatable bonds is 5. The largest absolute Gasteiger partial charge is 0.476 e. The molecule has 0 atom stereocenters. The number of ether oxygens (including phenoxy) is 1. The van der Waals surface area contributed by atoms with Gasteiger partial charge in [0, 0.05) is 16.6 Å². The monoisotopic (exact) mass is 435 g/mol. The molecule has 4 aromatic carbocycles. The van der Waals surface area contributed by atoms with Gasteiger partial charge in [-0.05, 0) is 30.5 Å². The van der Waals surface area contributed by atoms with Gasteiger partial charge >= 0.3 is 0 Å².